The fourth-order valence-corrected chi connectivity index (χ4v) is 2.61. The number of hydrogen-bond acceptors (Lipinski definition) is 3. The van der Waals surface area contributed by atoms with Gasteiger partial charge >= 0.3 is 0 Å². The molecule has 0 spiro atoms. The Bertz CT molecular complexity index is 648. The largest absolute Gasteiger partial charge is 0.402 e. The fourth-order valence-electron chi connectivity index (χ4n) is 2.61. The van der Waals surface area contributed by atoms with Crippen molar-refractivity contribution in [2.45, 2.75) is 19.8 Å². The average Bonchev–Trinajstić information content (AvgIpc) is 2.77. The molecule has 2 aliphatic rings. The zero-order chi connectivity index (χ0) is 13.4. The molecule has 1 aromatic carbocycles. The zero-order valence-electron chi connectivity index (χ0n) is 11.0. The van der Waals surface area contributed by atoms with E-state index in [1.54, 1.807) is 0 Å². The summed E-state index contributed by atoms with van der Waals surface area (Å²) in [5, 5.41) is 11.6. The normalized spacial score (nSPS) is 20.4. The molecule has 96 valence electrons. The van der Waals surface area contributed by atoms with Crippen LogP contribution in [0.5, 0.6) is 0 Å². The molecule has 0 bridgehead atoms. The topological polar surface area (TPSA) is 61.9 Å². The fraction of sp³-hybridized carbons (Fsp3) is 0.188. The minimum atomic E-state index is 0.548. The lowest BCUT2D eigenvalue weighted by Crippen LogP contribution is -2.10. The van der Waals surface area contributed by atoms with Crippen LogP contribution in [0.25, 0.3) is 0 Å². The molecule has 3 nitrogen and oxygen atoms in total. The molecule has 19 heavy (non-hydrogen) atoms. The van der Waals surface area contributed by atoms with Crippen LogP contribution in [0.15, 0.2) is 59.0 Å². The number of nitrogens with one attached hydrogen (secondary N) is 2. The van der Waals surface area contributed by atoms with Gasteiger partial charge < -0.3 is 11.1 Å². The number of para-hydroxylation sites is 1. The van der Waals surface area contributed by atoms with Gasteiger partial charge in [0.25, 0.3) is 0 Å². The number of anilines is 1. The first-order valence-corrected chi connectivity index (χ1v) is 6.50. The Morgan fingerprint density at radius 1 is 1.32 bits per heavy atom. The molecule has 3 heteroatoms. The van der Waals surface area contributed by atoms with E-state index in [1.807, 2.05) is 31.2 Å². The van der Waals surface area contributed by atoms with Gasteiger partial charge in [0.15, 0.2) is 0 Å². The van der Waals surface area contributed by atoms with Crippen molar-refractivity contribution in [3.8, 4) is 0 Å². The summed E-state index contributed by atoms with van der Waals surface area (Å²) < 4.78 is 0. The summed E-state index contributed by atoms with van der Waals surface area (Å²) >= 11 is 0. The van der Waals surface area contributed by atoms with Gasteiger partial charge in [0.2, 0.25) is 0 Å². The van der Waals surface area contributed by atoms with Gasteiger partial charge in [-0.15, -0.1) is 0 Å². The van der Waals surface area contributed by atoms with E-state index in [0.29, 0.717) is 5.71 Å². The number of allylic oxidation sites excluding steroid dienone is 6. The number of nitrogens with two attached hydrogens (primary N) is 1. The van der Waals surface area contributed by atoms with Gasteiger partial charge in [0.1, 0.15) is 0 Å². The van der Waals surface area contributed by atoms with Gasteiger partial charge in [-0.3, -0.25) is 5.41 Å². The first-order valence-electron chi connectivity index (χ1n) is 6.50. The second-order valence-electron chi connectivity index (χ2n) is 4.93. The molecule has 4 N–H and O–H groups in total. The predicted octanol–water partition coefficient (Wildman–Crippen LogP) is 3.32. The lowest BCUT2D eigenvalue weighted by Gasteiger charge is -2.15. The molecule has 1 heterocycles. The summed E-state index contributed by atoms with van der Waals surface area (Å²) in [6.07, 6.45) is 6.11. The van der Waals surface area contributed by atoms with Crippen molar-refractivity contribution in [2.75, 3.05) is 5.32 Å². The minimum Gasteiger partial charge on any atom is -0.402 e. The van der Waals surface area contributed by atoms with Crippen LogP contribution in [0.4, 0.5) is 5.69 Å². The molecule has 0 saturated carbocycles. The lowest BCUT2D eigenvalue weighted by atomic mass is 9.95. The molecule has 1 aliphatic heterocycles. The van der Waals surface area contributed by atoms with Crippen molar-refractivity contribution in [1.29, 1.82) is 5.41 Å². The Kier molecular flexibility index (Phi) is 2.75. The quantitative estimate of drug-likeness (QED) is 0.717. The standard InChI is InChI=1S/C16H17N3/c1-10(11-6-2-4-8-13(11)17)16-15(18)12-7-3-5-9-14(12)19-16/h2-3,5-7,9,18-19H,4,8,17H2,1H3/b16-10+,18-15?. The molecule has 0 unspecified atom stereocenters. The number of rotatable bonds is 1. The molecule has 0 aromatic heterocycles. The van der Waals surface area contributed by atoms with Crippen molar-refractivity contribution in [3.05, 3.63) is 64.5 Å². The Hall–Kier alpha value is -2.29. The van der Waals surface area contributed by atoms with Crippen LogP contribution in [0, 0.1) is 5.41 Å². The van der Waals surface area contributed by atoms with Gasteiger partial charge in [0.05, 0.1) is 11.4 Å². The third kappa shape index (κ3) is 1.87. The Morgan fingerprint density at radius 3 is 2.84 bits per heavy atom. The minimum absolute atomic E-state index is 0.548. The SMILES string of the molecule is C/C(C1=C(N)CCC=C1)=C1\Nc2ccccc2C1=N. The van der Waals surface area contributed by atoms with Gasteiger partial charge in [-0.05, 0) is 37.0 Å². The molecule has 1 aliphatic carbocycles. The zero-order valence-corrected chi connectivity index (χ0v) is 11.0. The summed E-state index contributed by atoms with van der Waals surface area (Å²) in [4.78, 5) is 0. The van der Waals surface area contributed by atoms with E-state index in [1.165, 1.54) is 0 Å². The molecule has 3 rings (SSSR count). The van der Waals surface area contributed by atoms with Crippen molar-refractivity contribution in [3.63, 3.8) is 0 Å². The Morgan fingerprint density at radius 2 is 2.11 bits per heavy atom. The summed E-state index contributed by atoms with van der Waals surface area (Å²) in [5.74, 6) is 0. The molecule has 0 saturated heterocycles. The molecule has 0 radical (unpaired) electrons. The molecule has 0 amide bonds. The Labute approximate surface area is 113 Å². The van der Waals surface area contributed by atoms with Crippen molar-refractivity contribution in [1.82, 2.24) is 0 Å². The predicted molar refractivity (Wildman–Crippen MR) is 79.2 cm³/mol. The van der Waals surface area contributed by atoms with E-state index in [-0.39, 0.29) is 0 Å². The van der Waals surface area contributed by atoms with E-state index in [4.69, 9.17) is 11.1 Å². The van der Waals surface area contributed by atoms with E-state index in [9.17, 15) is 0 Å². The highest BCUT2D eigenvalue weighted by Gasteiger charge is 2.23. The number of benzene rings is 1. The van der Waals surface area contributed by atoms with Crippen LogP contribution in [0.2, 0.25) is 0 Å². The van der Waals surface area contributed by atoms with E-state index in [0.717, 1.165) is 46.6 Å². The van der Waals surface area contributed by atoms with Crippen molar-refractivity contribution >= 4 is 11.4 Å². The highest BCUT2D eigenvalue weighted by atomic mass is 14.9. The summed E-state index contributed by atoms with van der Waals surface area (Å²) in [7, 11) is 0. The van der Waals surface area contributed by atoms with Crippen LogP contribution in [0.3, 0.4) is 0 Å². The van der Waals surface area contributed by atoms with E-state index >= 15 is 0 Å². The second-order valence-corrected chi connectivity index (χ2v) is 4.93. The number of fused-ring (bicyclic) bond motifs is 1. The monoisotopic (exact) mass is 251 g/mol. The van der Waals surface area contributed by atoms with Gasteiger partial charge in [0, 0.05) is 16.9 Å². The smallest absolute Gasteiger partial charge is 0.0870 e. The molecular weight excluding hydrogens is 234 g/mol. The Balaban J connectivity index is 2.07. The van der Waals surface area contributed by atoms with Crippen LogP contribution in [-0.4, -0.2) is 5.71 Å². The summed E-state index contributed by atoms with van der Waals surface area (Å²) in [5.41, 5.74) is 12.5. The van der Waals surface area contributed by atoms with Crippen LogP contribution >= 0.6 is 0 Å². The molecule has 0 atom stereocenters. The first kappa shape index (κ1) is 11.8. The van der Waals surface area contributed by atoms with Gasteiger partial charge in [-0.2, -0.15) is 0 Å². The third-order valence-electron chi connectivity index (χ3n) is 3.70. The number of hydrogen-bond donors (Lipinski definition) is 3. The third-order valence-corrected chi connectivity index (χ3v) is 3.70. The van der Waals surface area contributed by atoms with Crippen LogP contribution < -0.4 is 11.1 Å². The summed E-state index contributed by atoms with van der Waals surface area (Å²) in [6.45, 7) is 2.03. The van der Waals surface area contributed by atoms with E-state index < -0.39 is 0 Å². The van der Waals surface area contributed by atoms with Crippen molar-refractivity contribution in [2.24, 2.45) is 5.73 Å². The van der Waals surface area contributed by atoms with Crippen molar-refractivity contribution < 1.29 is 0 Å². The van der Waals surface area contributed by atoms with E-state index in [2.05, 4.69) is 17.5 Å². The van der Waals surface area contributed by atoms with Gasteiger partial charge in [-0.1, -0.05) is 30.4 Å². The average molecular weight is 251 g/mol. The van der Waals surface area contributed by atoms with Crippen LogP contribution in [0.1, 0.15) is 25.3 Å². The first-order chi connectivity index (χ1) is 9.18. The highest BCUT2D eigenvalue weighted by Crippen LogP contribution is 2.32. The second kappa shape index (κ2) is 4.43. The maximum Gasteiger partial charge on any atom is 0.0870 e. The molecule has 0 fully saturated rings. The summed E-state index contributed by atoms with van der Waals surface area (Å²) in [6, 6.07) is 7.91. The molecular formula is C16H17N3. The highest BCUT2D eigenvalue weighted by molar-refractivity contribution is 6.20. The van der Waals surface area contributed by atoms with Gasteiger partial charge in [-0.25, -0.2) is 0 Å². The lowest BCUT2D eigenvalue weighted by molar-refractivity contribution is 0.923. The maximum absolute atomic E-state index is 8.29. The molecule has 1 aromatic rings. The maximum atomic E-state index is 8.29. The van der Waals surface area contributed by atoms with Crippen LogP contribution in [-0.2, 0) is 0 Å².